The van der Waals surface area contributed by atoms with E-state index < -0.39 is 0 Å². The number of nitrogens with zero attached hydrogens (tertiary/aromatic N) is 2. The van der Waals surface area contributed by atoms with E-state index in [9.17, 15) is 0 Å². The lowest BCUT2D eigenvalue weighted by atomic mass is 9.92. The minimum absolute atomic E-state index is 0.333. The van der Waals surface area contributed by atoms with Crippen molar-refractivity contribution >= 4 is 11.6 Å². The molecule has 1 aromatic carbocycles. The molecule has 1 heterocycles. The fourth-order valence-electron chi connectivity index (χ4n) is 2.93. The number of aliphatic imine (C=N–C) groups is 1. The second kappa shape index (κ2) is 8.27. The van der Waals surface area contributed by atoms with Gasteiger partial charge in [-0.2, -0.15) is 0 Å². The van der Waals surface area contributed by atoms with Crippen molar-refractivity contribution in [3.8, 4) is 5.75 Å². The molecule has 0 aliphatic carbocycles. The van der Waals surface area contributed by atoms with Crippen LogP contribution < -0.4 is 20.3 Å². The molecule has 2 N–H and O–H groups in total. The quantitative estimate of drug-likeness (QED) is 0.643. The zero-order chi connectivity index (χ0) is 17.6. The predicted octanol–water partition coefficient (Wildman–Crippen LogP) is 2.88. The predicted molar refractivity (Wildman–Crippen MR) is 102 cm³/mol. The lowest BCUT2D eigenvalue weighted by molar-refractivity contribution is 0.377. The van der Waals surface area contributed by atoms with E-state index in [2.05, 4.69) is 53.4 Å². The van der Waals surface area contributed by atoms with E-state index in [1.165, 1.54) is 5.69 Å². The number of hydrogen-bond acceptors (Lipinski definition) is 3. The van der Waals surface area contributed by atoms with Gasteiger partial charge in [0.2, 0.25) is 0 Å². The molecule has 5 heteroatoms. The second-order valence-electron chi connectivity index (χ2n) is 7.56. The molecule has 0 radical (unpaired) electrons. The molecule has 1 aliphatic rings. The van der Waals surface area contributed by atoms with E-state index in [4.69, 9.17) is 4.74 Å². The average molecular weight is 332 g/mol. The van der Waals surface area contributed by atoms with Crippen LogP contribution in [-0.4, -0.2) is 45.8 Å². The van der Waals surface area contributed by atoms with Crippen molar-refractivity contribution in [2.75, 3.05) is 38.7 Å². The van der Waals surface area contributed by atoms with Crippen molar-refractivity contribution in [3.63, 3.8) is 0 Å². The number of anilines is 1. The number of nitrogens with one attached hydrogen (secondary N) is 2. The number of hydrogen-bond donors (Lipinski definition) is 2. The first-order chi connectivity index (χ1) is 11.4. The maximum Gasteiger partial charge on any atom is 0.191 e. The molecule has 0 spiro atoms. The van der Waals surface area contributed by atoms with Gasteiger partial charge in [-0.15, -0.1) is 0 Å². The van der Waals surface area contributed by atoms with Crippen LogP contribution in [0.4, 0.5) is 5.69 Å². The molecular weight excluding hydrogens is 300 g/mol. The highest BCUT2D eigenvalue weighted by molar-refractivity contribution is 5.80. The summed E-state index contributed by atoms with van der Waals surface area (Å²) < 4.78 is 5.48. The zero-order valence-corrected chi connectivity index (χ0v) is 15.7. The van der Waals surface area contributed by atoms with Crippen LogP contribution in [0.15, 0.2) is 29.3 Å². The van der Waals surface area contributed by atoms with Crippen molar-refractivity contribution in [2.24, 2.45) is 10.4 Å². The topological polar surface area (TPSA) is 48.9 Å². The van der Waals surface area contributed by atoms with Crippen molar-refractivity contribution in [1.29, 1.82) is 0 Å². The molecule has 1 aromatic rings. The van der Waals surface area contributed by atoms with Gasteiger partial charge in [0.15, 0.2) is 5.96 Å². The van der Waals surface area contributed by atoms with E-state index >= 15 is 0 Å². The Bertz CT molecular complexity index is 551. The molecular formula is C19H32N4O. The summed E-state index contributed by atoms with van der Waals surface area (Å²) in [6.45, 7) is 9.69. The number of ether oxygens (including phenoxy) is 1. The standard InChI is InChI=1S/C19H32N4O/c1-19(2,3)11-12-21-18(20-4)22-15-10-13-23(14-15)16-8-6-7-9-17(16)24-5/h6-9,15H,10-14H2,1-5H3,(H2,20,21,22). The van der Waals surface area contributed by atoms with Crippen molar-refractivity contribution < 1.29 is 4.74 Å². The van der Waals surface area contributed by atoms with Crippen LogP contribution in [-0.2, 0) is 0 Å². The Hall–Kier alpha value is -1.91. The van der Waals surface area contributed by atoms with Gasteiger partial charge in [-0.3, -0.25) is 4.99 Å². The zero-order valence-electron chi connectivity index (χ0n) is 15.7. The van der Waals surface area contributed by atoms with Crippen LogP contribution in [0.3, 0.4) is 0 Å². The van der Waals surface area contributed by atoms with Gasteiger partial charge < -0.3 is 20.3 Å². The molecule has 2 rings (SSSR count). The maximum atomic E-state index is 5.48. The van der Waals surface area contributed by atoms with Crippen LogP contribution in [0.2, 0.25) is 0 Å². The number of guanidine groups is 1. The van der Waals surface area contributed by atoms with Gasteiger partial charge in [0.25, 0.3) is 0 Å². The lowest BCUT2D eigenvalue weighted by Crippen LogP contribution is -2.45. The minimum atomic E-state index is 0.333. The van der Waals surface area contributed by atoms with Gasteiger partial charge in [-0.05, 0) is 30.4 Å². The van der Waals surface area contributed by atoms with E-state index in [1.807, 2.05) is 19.2 Å². The number of para-hydroxylation sites is 2. The molecule has 134 valence electrons. The molecule has 1 fully saturated rings. The molecule has 1 saturated heterocycles. The summed E-state index contributed by atoms with van der Waals surface area (Å²) in [6, 6.07) is 8.61. The molecule has 0 bridgehead atoms. The first kappa shape index (κ1) is 18.4. The normalized spacial score (nSPS) is 18.6. The molecule has 1 unspecified atom stereocenters. The fraction of sp³-hybridized carbons (Fsp3) is 0.632. The van der Waals surface area contributed by atoms with Crippen LogP contribution >= 0.6 is 0 Å². The summed E-state index contributed by atoms with van der Waals surface area (Å²) in [5.41, 5.74) is 1.50. The highest BCUT2D eigenvalue weighted by Gasteiger charge is 2.25. The third-order valence-corrected chi connectivity index (χ3v) is 4.35. The molecule has 1 atom stereocenters. The summed E-state index contributed by atoms with van der Waals surface area (Å²) in [5.74, 6) is 1.83. The molecule has 1 aliphatic heterocycles. The highest BCUT2D eigenvalue weighted by atomic mass is 16.5. The van der Waals surface area contributed by atoms with Gasteiger partial charge in [0.1, 0.15) is 5.75 Å². The van der Waals surface area contributed by atoms with Crippen LogP contribution in [0, 0.1) is 5.41 Å². The Balaban J connectivity index is 1.86. The molecule has 0 saturated carbocycles. The number of rotatable bonds is 5. The van der Waals surface area contributed by atoms with E-state index in [-0.39, 0.29) is 0 Å². The summed E-state index contributed by atoms with van der Waals surface area (Å²) in [6.07, 6.45) is 2.21. The fourth-order valence-corrected chi connectivity index (χ4v) is 2.93. The smallest absolute Gasteiger partial charge is 0.191 e. The Morgan fingerprint density at radius 3 is 2.75 bits per heavy atom. The first-order valence-corrected chi connectivity index (χ1v) is 8.78. The van der Waals surface area contributed by atoms with Crippen molar-refractivity contribution in [2.45, 2.75) is 39.7 Å². The first-order valence-electron chi connectivity index (χ1n) is 8.78. The van der Waals surface area contributed by atoms with Crippen LogP contribution in [0.5, 0.6) is 5.75 Å². The Morgan fingerprint density at radius 1 is 1.33 bits per heavy atom. The summed E-state index contributed by atoms with van der Waals surface area (Å²) in [4.78, 5) is 6.73. The summed E-state index contributed by atoms with van der Waals surface area (Å²) in [7, 11) is 3.56. The second-order valence-corrected chi connectivity index (χ2v) is 7.56. The van der Waals surface area contributed by atoms with Gasteiger partial charge in [0.05, 0.1) is 12.8 Å². The maximum absolute atomic E-state index is 5.48. The average Bonchev–Trinajstić information content (AvgIpc) is 3.01. The minimum Gasteiger partial charge on any atom is -0.495 e. The number of benzene rings is 1. The van der Waals surface area contributed by atoms with Gasteiger partial charge in [0, 0.05) is 32.7 Å². The molecule has 0 amide bonds. The molecule has 24 heavy (non-hydrogen) atoms. The SMILES string of the molecule is CN=C(NCCC(C)(C)C)NC1CCN(c2ccccc2OC)C1. The van der Waals surface area contributed by atoms with Gasteiger partial charge >= 0.3 is 0 Å². The Morgan fingerprint density at radius 2 is 2.08 bits per heavy atom. The third-order valence-electron chi connectivity index (χ3n) is 4.35. The third kappa shape index (κ3) is 5.32. The van der Waals surface area contributed by atoms with Crippen molar-refractivity contribution in [3.05, 3.63) is 24.3 Å². The highest BCUT2D eigenvalue weighted by Crippen LogP contribution is 2.30. The monoisotopic (exact) mass is 332 g/mol. The summed E-state index contributed by atoms with van der Waals surface area (Å²) >= 11 is 0. The van der Waals surface area contributed by atoms with Gasteiger partial charge in [-0.25, -0.2) is 0 Å². The van der Waals surface area contributed by atoms with E-state index in [0.29, 0.717) is 11.5 Å². The summed E-state index contributed by atoms with van der Waals surface area (Å²) in [5, 5.41) is 6.97. The van der Waals surface area contributed by atoms with Crippen molar-refractivity contribution in [1.82, 2.24) is 10.6 Å². The van der Waals surface area contributed by atoms with E-state index in [1.54, 1.807) is 7.11 Å². The number of methoxy groups -OCH3 is 1. The largest absolute Gasteiger partial charge is 0.495 e. The lowest BCUT2D eigenvalue weighted by Gasteiger charge is -2.23. The van der Waals surface area contributed by atoms with E-state index in [0.717, 1.165) is 44.2 Å². The Kier molecular flexibility index (Phi) is 6.35. The molecule has 0 aromatic heterocycles. The van der Waals surface area contributed by atoms with Gasteiger partial charge in [-0.1, -0.05) is 32.9 Å². The van der Waals surface area contributed by atoms with Crippen LogP contribution in [0.1, 0.15) is 33.6 Å². The van der Waals surface area contributed by atoms with Crippen LogP contribution in [0.25, 0.3) is 0 Å². The molecule has 5 nitrogen and oxygen atoms in total. The Labute approximate surface area is 146 Å².